The number of fused-ring (bicyclic) bond motifs is 11. The highest BCUT2D eigenvalue weighted by Gasteiger charge is 2.29. The number of nitrogens with zero attached hydrogens (tertiary/aromatic N) is 2. The molecule has 1 N–H and O–H groups in total. The molecule has 2 aliphatic rings. The highest BCUT2D eigenvalue weighted by molar-refractivity contribution is 8.00. The number of hydrogen-bond donors (Lipinski definition) is 1. The van der Waals surface area contributed by atoms with Gasteiger partial charge in [-0.2, -0.15) is 0 Å². The number of hydrogen-bond acceptors (Lipinski definition) is 2. The Kier molecular flexibility index (Phi) is 5.78. The number of benzene rings is 7. The van der Waals surface area contributed by atoms with E-state index in [2.05, 4.69) is 172 Å². The van der Waals surface area contributed by atoms with E-state index < -0.39 is 0 Å². The summed E-state index contributed by atoms with van der Waals surface area (Å²) in [5.74, 6) is 0.491. The van der Waals surface area contributed by atoms with Gasteiger partial charge in [0, 0.05) is 49.1 Å². The highest BCUT2D eigenvalue weighted by Crippen LogP contribution is 2.48. The topological polar surface area (TPSA) is 21.9 Å². The maximum atomic E-state index is 3.94. The summed E-state index contributed by atoms with van der Waals surface area (Å²) in [5.41, 5.74) is 8.51. The summed E-state index contributed by atoms with van der Waals surface area (Å²) in [6, 6.07) is 49.4. The van der Waals surface area contributed by atoms with Crippen LogP contribution in [-0.4, -0.2) is 14.5 Å². The van der Waals surface area contributed by atoms with Gasteiger partial charge in [0.15, 0.2) is 0 Å². The van der Waals surface area contributed by atoms with Gasteiger partial charge in [0.1, 0.15) is 0 Å². The van der Waals surface area contributed by atoms with Crippen molar-refractivity contribution in [3.05, 3.63) is 158 Å². The van der Waals surface area contributed by atoms with Crippen molar-refractivity contribution in [2.45, 2.75) is 16.7 Å². The molecule has 0 fully saturated rings. The Morgan fingerprint density at radius 1 is 0.531 bits per heavy atom. The maximum Gasteiger partial charge on any atom is 0.0836 e. The smallest absolute Gasteiger partial charge is 0.0836 e. The van der Waals surface area contributed by atoms with E-state index in [4.69, 9.17) is 0 Å². The lowest BCUT2D eigenvalue weighted by molar-refractivity contribution is 0.662. The summed E-state index contributed by atoms with van der Waals surface area (Å²) in [4.78, 5) is 1.35. The molecule has 3 heterocycles. The molecule has 7 aromatic carbocycles. The van der Waals surface area contributed by atoms with Crippen molar-refractivity contribution in [1.29, 1.82) is 0 Å². The van der Waals surface area contributed by atoms with Crippen molar-refractivity contribution < 1.29 is 0 Å². The Morgan fingerprint density at radius 2 is 1.14 bits per heavy atom. The van der Waals surface area contributed by atoms with Gasteiger partial charge in [-0.15, -0.1) is 0 Å². The largest absolute Gasteiger partial charge is 0.371 e. The second-order valence-electron chi connectivity index (χ2n) is 13.3. The zero-order valence-corrected chi connectivity index (χ0v) is 27.5. The molecule has 0 bridgehead atoms. The molecule has 0 radical (unpaired) electrons. The van der Waals surface area contributed by atoms with E-state index in [0.717, 1.165) is 6.42 Å². The standard InChI is InChI=1S/C45H31N3S/c1-2-10-29(11-3-1)45-46-44-42(49-45)25-20-28-18-19-30-26-31(21-23-33(30)43(28)44)47-40-17-9-6-14-36(40)37-27-32(22-24-41(37)47)48-38-15-7-4-12-34(38)35-13-5-8-16-39(35)48/h1-10,12-27,29,45-46H,11H2. The van der Waals surface area contributed by atoms with Crippen LogP contribution in [0.1, 0.15) is 6.42 Å². The first-order valence-electron chi connectivity index (χ1n) is 17.1. The third-order valence-electron chi connectivity index (χ3n) is 10.6. The zero-order valence-electron chi connectivity index (χ0n) is 26.7. The van der Waals surface area contributed by atoms with Crippen molar-refractivity contribution in [1.82, 2.24) is 9.13 Å². The first kappa shape index (κ1) is 27.3. The molecule has 2 aromatic heterocycles. The zero-order chi connectivity index (χ0) is 32.1. The van der Waals surface area contributed by atoms with Crippen LogP contribution in [0.5, 0.6) is 0 Å². The predicted molar refractivity (Wildman–Crippen MR) is 210 cm³/mol. The Hall–Kier alpha value is -5.71. The van der Waals surface area contributed by atoms with Crippen LogP contribution in [0.15, 0.2) is 163 Å². The number of aromatic nitrogens is 2. The molecular formula is C45H31N3S. The number of thioether (sulfide) groups is 1. The van der Waals surface area contributed by atoms with Crippen LogP contribution in [0.2, 0.25) is 0 Å². The van der Waals surface area contributed by atoms with E-state index in [-0.39, 0.29) is 0 Å². The van der Waals surface area contributed by atoms with Crippen LogP contribution in [0.4, 0.5) is 5.69 Å². The van der Waals surface area contributed by atoms with Crippen LogP contribution in [0.25, 0.3) is 76.5 Å². The van der Waals surface area contributed by atoms with Gasteiger partial charge in [-0.05, 0) is 77.2 Å². The Bertz CT molecular complexity index is 2830. The quantitative estimate of drug-likeness (QED) is 0.193. The fourth-order valence-corrected chi connectivity index (χ4v) is 9.66. The van der Waals surface area contributed by atoms with Gasteiger partial charge < -0.3 is 14.5 Å². The van der Waals surface area contributed by atoms with Gasteiger partial charge >= 0.3 is 0 Å². The number of para-hydroxylation sites is 3. The van der Waals surface area contributed by atoms with E-state index in [0.29, 0.717) is 11.3 Å². The number of rotatable bonds is 3. The molecule has 9 aromatic rings. The van der Waals surface area contributed by atoms with E-state index in [9.17, 15) is 0 Å². The average Bonchev–Trinajstić information content (AvgIpc) is 3.85. The average molecular weight is 646 g/mol. The number of allylic oxidation sites excluding steroid dienone is 3. The number of anilines is 1. The Balaban J connectivity index is 1.08. The maximum absolute atomic E-state index is 3.94. The molecule has 11 rings (SSSR count). The summed E-state index contributed by atoms with van der Waals surface area (Å²) in [6.07, 6.45) is 10.1. The lowest BCUT2D eigenvalue weighted by Gasteiger charge is -2.20. The molecular weight excluding hydrogens is 615 g/mol. The van der Waals surface area contributed by atoms with Gasteiger partial charge in [0.2, 0.25) is 0 Å². The minimum atomic E-state index is 0.348. The molecule has 1 aliphatic heterocycles. The van der Waals surface area contributed by atoms with Crippen LogP contribution in [0, 0.1) is 5.92 Å². The van der Waals surface area contributed by atoms with Gasteiger partial charge in [-0.3, -0.25) is 0 Å². The minimum Gasteiger partial charge on any atom is -0.371 e. The monoisotopic (exact) mass is 645 g/mol. The van der Waals surface area contributed by atoms with Crippen molar-refractivity contribution in [2.75, 3.05) is 5.32 Å². The first-order valence-corrected chi connectivity index (χ1v) is 18.0. The molecule has 49 heavy (non-hydrogen) atoms. The summed E-state index contributed by atoms with van der Waals surface area (Å²) in [6.45, 7) is 0. The first-order chi connectivity index (χ1) is 24.3. The second-order valence-corrected chi connectivity index (χ2v) is 14.5. The number of nitrogens with one attached hydrogen (secondary N) is 1. The van der Waals surface area contributed by atoms with Crippen LogP contribution in [-0.2, 0) is 0 Å². The van der Waals surface area contributed by atoms with Crippen LogP contribution >= 0.6 is 11.8 Å². The lowest BCUT2D eigenvalue weighted by Crippen LogP contribution is -2.21. The molecule has 2 unspecified atom stereocenters. The summed E-state index contributed by atoms with van der Waals surface area (Å²) < 4.78 is 4.85. The molecule has 0 saturated carbocycles. The van der Waals surface area contributed by atoms with Crippen molar-refractivity contribution >= 4 is 82.6 Å². The van der Waals surface area contributed by atoms with Crippen molar-refractivity contribution in [3.63, 3.8) is 0 Å². The molecule has 1 aliphatic carbocycles. The van der Waals surface area contributed by atoms with Gasteiger partial charge in [0.25, 0.3) is 0 Å². The van der Waals surface area contributed by atoms with E-state index in [1.807, 2.05) is 11.8 Å². The van der Waals surface area contributed by atoms with Crippen LogP contribution < -0.4 is 5.32 Å². The third-order valence-corrected chi connectivity index (χ3v) is 12.0. The predicted octanol–water partition coefficient (Wildman–Crippen LogP) is 12.2. The van der Waals surface area contributed by atoms with E-state index in [1.165, 1.54) is 87.1 Å². The fourth-order valence-electron chi connectivity index (χ4n) is 8.41. The molecule has 2 atom stereocenters. The van der Waals surface area contributed by atoms with E-state index in [1.54, 1.807) is 0 Å². The van der Waals surface area contributed by atoms with Gasteiger partial charge in [-0.25, -0.2) is 0 Å². The normalized spacial score (nSPS) is 17.2. The summed E-state index contributed by atoms with van der Waals surface area (Å²) >= 11 is 1.97. The van der Waals surface area contributed by atoms with Crippen LogP contribution in [0.3, 0.4) is 0 Å². The molecule has 232 valence electrons. The Labute approximate surface area is 287 Å². The van der Waals surface area contributed by atoms with E-state index >= 15 is 0 Å². The SMILES string of the molecule is C1=CCC(C2Nc3c(ccc4ccc5cc(-n6c7ccccc7c7cc(-n8c9ccccc9c9ccccc98)ccc76)ccc5c34)S2)C=C1. The summed E-state index contributed by atoms with van der Waals surface area (Å²) in [5, 5.41) is 14.5. The molecule has 0 saturated heterocycles. The fraction of sp³-hybridized carbons (Fsp3) is 0.0667. The molecule has 0 amide bonds. The molecule has 3 nitrogen and oxygen atoms in total. The second kappa shape index (κ2) is 10.4. The third kappa shape index (κ3) is 3.98. The van der Waals surface area contributed by atoms with Gasteiger partial charge in [0.05, 0.1) is 33.1 Å². The molecule has 0 spiro atoms. The van der Waals surface area contributed by atoms with Gasteiger partial charge in [-0.1, -0.05) is 115 Å². The minimum absolute atomic E-state index is 0.348. The highest BCUT2D eigenvalue weighted by atomic mass is 32.2. The van der Waals surface area contributed by atoms with Crippen molar-refractivity contribution in [2.24, 2.45) is 5.92 Å². The van der Waals surface area contributed by atoms with Crippen molar-refractivity contribution in [3.8, 4) is 11.4 Å². The summed E-state index contributed by atoms with van der Waals surface area (Å²) in [7, 11) is 0. The Morgan fingerprint density at radius 3 is 1.86 bits per heavy atom. The lowest BCUT2D eigenvalue weighted by atomic mass is 9.98. The molecule has 4 heteroatoms.